The highest BCUT2D eigenvalue weighted by Gasteiger charge is 2.31. The molecule has 1 fully saturated rings. The molecular weight excluding hydrogens is 374 g/mol. The molecule has 0 aliphatic carbocycles. The Balaban J connectivity index is 1.45. The van der Waals surface area contributed by atoms with Gasteiger partial charge in [-0.05, 0) is 12.1 Å². The van der Waals surface area contributed by atoms with Gasteiger partial charge in [0.15, 0.2) is 11.5 Å². The summed E-state index contributed by atoms with van der Waals surface area (Å²) in [7, 11) is -3.52. The number of rotatable bonds is 4. The zero-order chi connectivity index (χ0) is 18.0. The van der Waals surface area contributed by atoms with Crippen molar-refractivity contribution in [3.05, 3.63) is 34.8 Å². The summed E-state index contributed by atoms with van der Waals surface area (Å²) < 4.78 is 38.8. The van der Waals surface area contributed by atoms with Crippen LogP contribution in [-0.2, 0) is 16.6 Å². The number of hydrogen-bond acceptors (Lipinski definition) is 6. The summed E-state index contributed by atoms with van der Waals surface area (Å²) >= 11 is 1.59. The lowest BCUT2D eigenvalue weighted by atomic mass is 10.3. The number of nitrogens with one attached hydrogen (secondary N) is 1. The molecule has 0 spiro atoms. The molecule has 7 nitrogen and oxygen atoms in total. The molecule has 1 saturated heterocycles. The molecule has 0 bridgehead atoms. The van der Waals surface area contributed by atoms with Crippen LogP contribution in [0.4, 0.5) is 0 Å². The lowest BCUT2D eigenvalue weighted by Gasteiger charge is -2.31. The minimum Gasteiger partial charge on any atom is -0.490 e. The Bertz CT molecular complexity index is 847. The topological polar surface area (TPSA) is 73.2 Å². The molecule has 3 heterocycles. The molecule has 0 atom stereocenters. The van der Waals surface area contributed by atoms with E-state index in [-0.39, 0.29) is 4.90 Å². The van der Waals surface area contributed by atoms with Crippen molar-refractivity contribution >= 4 is 21.4 Å². The fourth-order valence-corrected chi connectivity index (χ4v) is 5.27. The quantitative estimate of drug-likeness (QED) is 0.810. The Morgan fingerprint density at radius 3 is 2.65 bits per heavy atom. The molecule has 0 unspecified atom stereocenters. The number of hydrogen-bond donors (Lipinski definition) is 1. The summed E-state index contributed by atoms with van der Waals surface area (Å²) in [4.78, 5) is 5.94. The first-order valence-electron chi connectivity index (χ1n) is 8.73. The molecule has 4 rings (SSSR count). The number of piperazine rings is 1. The number of sulfonamides is 1. The van der Waals surface area contributed by atoms with E-state index in [1.165, 1.54) is 4.90 Å². The number of nitrogens with zero attached hydrogens (tertiary/aromatic N) is 2. The van der Waals surface area contributed by atoms with Crippen LogP contribution in [0.15, 0.2) is 34.0 Å². The van der Waals surface area contributed by atoms with Gasteiger partial charge < -0.3 is 14.4 Å². The number of ether oxygens (including phenoxy) is 2. The van der Waals surface area contributed by atoms with Crippen LogP contribution < -0.4 is 14.4 Å². The van der Waals surface area contributed by atoms with Gasteiger partial charge in [-0.3, -0.25) is 0 Å². The smallest absolute Gasteiger partial charge is 0.243 e. The van der Waals surface area contributed by atoms with Crippen molar-refractivity contribution in [1.82, 2.24) is 9.29 Å². The molecule has 26 heavy (non-hydrogen) atoms. The first kappa shape index (κ1) is 17.7. The summed E-state index contributed by atoms with van der Waals surface area (Å²) in [5, 5.41) is 2.05. The second-order valence-electron chi connectivity index (χ2n) is 6.47. The summed E-state index contributed by atoms with van der Waals surface area (Å²) in [6, 6.07) is 4.89. The molecule has 1 N–H and O–H groups in total. The van der Waals surface area contributed by atoms with Crippen LogP contribution in [0.2, 0.25) is 0 Å². The number of benzene rings is 1. The molecule has 1 aromatic heterocycles. The van der Waals surface area contributed by atoms with Crippen molar-refractivity contribution in [3.63, 3.8) is 0 Å². The second-order valence-corrected chi connectivity index (χ2v) is 9.13. The highest BCUT2D eigenvalue weighted by atomic mass is 32.2. The zero-order valence-corrected chi connectivity index (χ0v) is 16.0. The van der Waals surface area contributed by atoms with Gasteiger partial charge in [0.05, 0.1) is 49.8 Å². The third kappa shape index (κ3) is 3.71. The monoisotopic (exact) mass is 396 g/mol. The maximum Gasteiger partial charge on any atom is 0.243 e. The molecule has 0 saturated carbocycles. The Morgan fingerprint density at radius 2 is 1.92 bits per heavy atom. The molecule has 9 heteroatoms. The van der Waals surface area contributed by atoms with Crippen molar-refractivity contribution in [2.24, 2.45) is 0 Å². The van der Waals surface area contributed by atoms with Gasteiger partial charge in [0.1, 0.15) is 12.2 Å². The molecule has 1 aromatic carbocycles. The molecule has 2 aliphatic rings. The Labute approximate surface area is 157 Å². The van der Waals surface area contributed by atoms with Crippen LogP contribution in [0.3, 0.4) is 0 Å². The van der Waals surface area contributed by atoms with E-state index >= 15 is 0 Å². The van der Waals surface area contributed by atoms with E-state index in [9.17, 15) is 8.42 Å². The fraction of sp³-hybridized carbons (Fsp3) is 0.471. The Kier molecular flexibility index (Phi) is 5.12. The second kappa shape index (κ2) is 7.51. The molecule has 140 valence electrons. The van der Waals surface area contributed by atoms with Gasteiger partial charge in [0.2, 0.25) is 10.0 Å². The van der Waals surface area contributed by atoms with E-state index in [1.807, 2.05) is 10.9 Å². The number of thiazole rings is 1. The van der Waals surface area contributed by atoms with Gasteiger partial charge in [0, 0.05) is 17.9 Å². The maximum absolute atomic E-state index is 13.0. The van der Waals surface area contributed by atoms with Crippen molar-refractivity contribution in [2.45, 2.75) is 17.9 Å². The first-order valence-corrected chi connectivity index (χ1v) is 11.1. The normalized spacial score (nSPS) is 19.2. The van der Waals surface area contributed by atoms with Crippen LogP contribution in [0, 0.1) is 0 Å². The van der Waals surface area contributed by atoms with Gasteiger partial charge in [0.25, 0.3) is 0 Å². The average molecular weight is 397 g/mol. The van der Waals surface area contributed by atoms with E-state index in [2.05, 4.69) is 4.98 Å². The first-order chi connectivity index (χ1) is 12.6. The summed E-state index contributed by atoms with van der Waals surface area (Å²) in [6.45, 7) is 4.55. The van der Waals surface area contributed by atoms with Crippen molar-refractivity contribution in [3.8, 4) is 11.5 Å². The molecule has 0 amide bonds. The van der Waals surface area contributed by atoms with Gasteiger partial charge in [-0.2, -0.15) is 4.31 Å². The number of quaternary nitrogens is 1. The van der Waals surface area contributed by atoms with Gasteiger partial charge in [-0.1, -0.05) is 0 Å². The highest BCUT2D eigenvalue weighted by molar-refractivity contribution is 7.89. The third-order valence-electron chi connectivity index (χ3n) is 4.70. The average Bonchev–Trinajstić information content (AvgIpc) is 3.04. The van der Waals surface area contributed by atoms with Crippen LogP contribution >= 0.6 is 11.3 Å². The van der Waals surface area contributed by atoms with Gasteiger partial charge in [-0.25, -0.2) is 13.4 Å². The predicted octanol–water partition coefficient (Wildman–Crippen LogP) is 0.394. The van der Waals surface area contributed by atoms with Crippen molar-refractivity contribution in [2.75, 3.05) is 39.4 Å². The van der Waals surface area contributed by atoms with Gasteiger partial charge >= 0.3 is 0 Å². The minimum absolute atomic E-state index is 0.268. The SMILES string of the molecule is O=S(=O)(c1ccc2c(c1)OCCCO2)N1CC[NH+](Cc2cscn2)CC1. The van der Waals surface area contributed by atoms with Crippen LogP contribution in [0.1, 0.15) is 12.1 Å². The van der Waals surface area contributed by atoms with Crippen LogP contribution in [0.25, 0.3) is 0 Å². The van der Waals surface area contributed by atoms with Crippen molar-refractivity contribution in [1.29, 1.82) is 0 Å². The summed E-state index contributed by atoms with van der Waals surface area (Å²) in [6.07, 6.45) is 0.792. The molecule has 0 radical (unpaired) electrons. The van der Waals surface area contributed by atoms with E-state index in [0.29, 0.717) is 37.8 Å². The third-order valence-corrected chi connectivity index (χ3v) is 7.23. The van der Waals surface area contributed by atoms with E-state index in [0.717, 1.165) is 31.7 Å². The fourth-order valence-electron chi connectivity index (χ4n) is 3.25. The number of fused-ring (bicyclic) bond motifs is 1. The highest BCUT2D eigenvalue weighted by Crippen LogP contribution is 2.32. The molecule has 2 aromatic rings. The summed E-state index contributed by atoms with van der Waals surface area (Å²) in [5.74, 6) is 1.12. The van der Waals surface area contributed by atoms with Crippen LogP contribution in [-0.4, -0.2) is 57.1 Å². The molecule has 2 aliphatic heterocycles. The minimum atomic E-state index is -3.52. The largest absolute Gasteiger partial charge is 0.490 e. The lowest BCUT2D eigenvalue weighted by molar-refractivity contribution is -0.917. The van der Waals surface area contributed by atoms with E-state index in [4.69, 9.17) is 9.47 Å². The summed E-state index contributed by atoms with van der Waals surface area (Å²) in [5.41, 5.74) is 2.91. The van der Waals surface area contributed by atoms with Crippen molar-refractivity contribution < 1.29 is 22.8 Å². The standard InChI is InChI=1S/C17H21N3O4S2/c21-26(22,15-2-3-16-17(10-15)24-9-1-8-23-16)20-6-4-19(5-7-20)11-14-12-25-13-18-14/h2-3,10,12-13H,1,4-9,11H2/p+1. The molecular formula is C17H22N3O4S2+. The van der Waals surface area contributed by atoms with Gasteiger partial charge in [-0.15, -0.1) is 11.3 Å². The van der Waals surface area contributed by atoms with E-state index in [1.54, 1.807) is 33.8 Å². The Morgan fingerprint density at radius 1 is 1.15 bits per heavy atom. The maximum atomic E-state index is 13.0. The zero-order valence-electron chi connectivity index (χ0n) is 14.4. The predicted molar refractivity (Wildman–Crippen MR) is 97.3 cm³/mol. The van der Waals surface area contributed by atoms with Crippen LogP contribution in [0.5, 0.6) is 11.5 Å². The van der Waals surface area contributed by atoms with E-state index < -0.39 is 10.0 Å². The lowest BCUT2D eigenvalue weighted by Crippen LogP contribution is -3.13. The Hall–Kier alpha value is -1.68. The number of aromatic nitrogens is 1.